The van der Waals surface area contributed by atoms with Crippen molar-refractivity contribution in [2.45, 2.75) is 39.3 Å². The van der Waals surface area contributed by atoms with Gasteiger partial charge in [0.05, 0.1) is 6.10 Å². The zero-order valence-corrected chi connectivity index (χ0v) is 17.7. The second-order valence-electron chi connectivity index (χ2n) is 7.23. The summed E-state index contributed by atoms with van der Waals surface area (Å²) in [6, 6.07) is 6.42. The molecule has 0 aliphatic carbocycles. The molecule has 1 heterocycles. The molecule has 0 bridgehead atoms. The summed E-state index contributed by atoms with van der Waals surface area (Å²) in [6.45, 7) is 10.6. The van der Waals surface area contributed by atoms with Gasteiger partial charge >= 0.3 is 0 Å². The van der Waals surface area contributed by atoms with Crippen molar-refractivity contribution in [3.05, 3.63) is 35.6 Å². The van der Waals surface area contributed by atoms with Gasteiger partial charge in [0.15, 0.2) is 5.96 Å². The summed E-state index contributed by atoms with van der Waals surface area (Å²) < 4.78 is 18.6. The highest BCUT2D eigenvalue weighted by Crippen LogP contribution is 2.46. The van der Waals surface area contributed by atoms with E-state index in [-0.39, 0.29) is 46.9 Å². The number of aliphatic imine (C=N–C) groups is 1. The molecule has 1 aliphatic rings. The molecule has 0 amide bonds. The third-order valence-electron chi connectivity index (χ3n) is 5.32. The molecule has 1 aliphatic heterocycles. The number of benzene rings is 1. The number of nitrogens with one attached hydrogen (secondary N) is 1. The first kappa shape index (κ1) is 21.2. The van der Waals surface area contributed by atoms with E-state index in [9.17, 15) is 4.39 Å². The first-order chi connectivity index (χ1) is 10.7. The molecule has 2 rings (SSSR count). The van der Waals surface area contributed by atoms with Crippen molar-refractivity contribution in [2.24, 2.45) is 10.4 Å². The Hall–Kier alpha value is -0.890. The minimum absolute atomic E-state index is 0. The van der Waals surface area contributed by atoms with Crippen molar-refractivity contribution in [1.82, 2.24) is 10.2 Å². The molecule has 24 heavy (non-hydrogen) atoms. The highest BCUT2D eigenvalue weighted by molar-refractivity contribution is 14.0. The highest BCUT2D eigenvalue weighted by atomic mass is 127. The number of hydrogen-bond donors (Lipinski definition) is 1. The number of rotatable bonds is 4. The van der Waals surface area contributed by atoms with Crippen LogP contribution in [0, 0.1) is 11.2 Å². The van der Waals surface area contributed by atoms with Crippen molar-refractivity contribution in [2.75, 3.05) is 27.2 Å². The normalized spacial score (nSPS) is 20.0. The van der Waals surface area contributed by atoms with Crippen LogP contribution in [0.5, 0.6) is 0 Å². The van der Waals surface area contributed by atoms with E-state index in [0.29, 0.717) is 6.54 Å². The Labute approximate surface area is 161 Å². The van der Waals surface area contributed by atoms with Gasteiger partial charge in [-0.1, -0.05) is 26.0 Å². The smallest absolute Gasteiger partial charge is 0.194 e. The first-order valence-electron chi connectivity index (χ1n) is 7.99. The Balaban J connectivity index is 0.00000288. The number of likely N-dealkylation sites (tertiary alicyclic amines) is 1. The van der Waals surface area contributed by atoms with E-state index in [1.807, 2.05) is 0 Å². The number of methoxy groups -OCH3 is 1. The molecule has 1 saturated heterocycles. The number of halogens is 2. The van der Waals surface area contributed by atoms with Crippen LogP contribution < -0.4 is 5.32 Å². The Kier molecular flexibility index (Phi) is 7.04. The van der Waals surface area contributed by atoms with Gasteiger partial charge in [-0.25, -0.2) is 4.39 Å². The van der Waals surface area contributed by atoms with Crippen LogP contribution in [-0.4, -0.2) is 43.6 Å². The van der Waals surface area contributed by atoms with Gasteiger partial charge in [0.25, 0.3) is 0 Å². The molecular formula is C18H29FIN3O. The molecule has 1 aromatic rings. The summed E-state index contributed by atoms with van der Waals surface area (Å²) in [5.41, 5.74) is 1.25. The number of nitrogens with zero attached hydrogens (tertiary/aromatic N) is 2. The van der Waals surface area contributed by atoms with E-state index in [4.69, 9.17) is 4.74 Å². The molecule has 0 radical (unpaired) electrons. The van der Waals surface area contributed by atoms with Gasteiger partial charge in [-0.3, -0.25) is 4.99 Å². The van der Waals surface area contributed by atoms with Crippen molar-refractivity contribution < 1.29 is 9.13 Å². The van der Waals surface area contributed by atoms with Crippen LogP contribution in [0.25, 0.3) is 0 Å². The van der Waals surface area contributed by atoms with E-state index >= 15 is 0 Å². The monoisotopic (exact) mass is 449 g/mol. The molecule has 6 heteroatoms. The Bertz CT molecular complexity index is 572. The fourth-order valence-electron chi connectivity index (χ4n) is 2.89. The van der Waals surface area contributed by atoms with Crippen LogP contribution in [0.1, 0.15) is 39.4 Å². The second-order valence-corrected chi connectivity index (χ2v) is 7.23. The maximum atomic E-state index is 13.1. The third kappa shape index (κ3) is 4.02. The SMILES string of the molecule is CN=C(NCC(OC)c1ccc(F)cc1)N1CC(C)(C)C1(C)C.I. The lowest BCUT2D eigenvalue weighted by atomic mass is 9.65. The van der Waals surface area contributed by atoms with Gasteiger partial charge in [-0.05, 0) is 31.5 Å². The van der Waals surface area contributed by atoms with Crippen LogP contribution in [0.3, 0.4) is 0 Å². The minimum Gasteiger partial charge on any atom is -0.375 e. The molecule has 136 valence electrons. The van der Waals surface area contributed by atoms with E-state index in [1.54, 1.807) is 26.3 Å². The summed E-state index contributed by atoms with van der Waals surface area (Å²) in [7, 11) is 3.46. The van der Waals surface area contributed by atoms with E-state index in [0.717, 1.165) is 18.1 Å². The summed E-state index contributed by atoms with van der Waals surface area (Å²) in [6.07, 6.45) is -0.148. The topological polar surface area (TPSA) is 36.9 Å². The van der Waals surface area contributed by atoms with Crippen LogP contribution in [0.15, 0.2) is 29.3 Å². The zero-order chi connectivity index (χ0) is 17.3. The molecule has 1 unspecified atom stereocenters. The largest absolute Gasteiger partial charge is 0.375 e. The highest BCUT2D eigenvalue weighted by Gasteiger charge is 2.53. The lowest BCUT2D eigenvalue weighted by Crippen LogP contribution is -2.72. The predicted octanol–water partition coefficient (Wildman–Crippen LogP) is 3.83. The average Bonchev–Trinajstić information content (AvgIpc) is 2.51. The quantitative estimate of drug-likeness (QED) is 0.432. The first-order valence-corrected chi connectivity index (χ1v) is 7.99. The minimum atomic E-state index is -0.239. The lowest BCUT2D eigenvalue weighted by molar-refractivity contribution is -0.0671. The van der Waals surface area contributed by atoms with E-state index < -0.39 is 0 Å². The number of guanidine groups is 1. The zero-order valence-electron chi connectivity index (χ0n) is 15.4. The molecule has 1 fully saturated rings. The van der Waals surface area contributed by atoms with Crippen molar-refractivity contribution in [1.29, 1.82) is 0 Å². The van der Waals surface area contributed by atoms with Gasteiger partial charge in [0.1, 0.15) is 5.82 Å². The fourth-order valence-corrected chi connectivity index (χ4v) is 2.89. The Morgan fingerprint density at radius 1 is 1.29 bits per heavy atom. The molecule has 4 nitrogen and oxygen atoms in total. The van der Waals surface area contributed by atoms with Crippen molar-refractivity contribution >= 4 is 29.9 Å². The van der Waals surface area contributed by atoms with Crippen LogP contribution >= 0.6 is 24.0 Å². The number of hydrogen-bond acceptors (Lipinski definition) is 2. The van der Waals surface area contributed by atoms with Gasteiger partial charge in [-0.15, -0.1) is 24.0 Å². The number of ether oxygens (including phenoxy) is 1. The second kappa shape index (κ2) is 7.99. The molecule has 1 atom stereocenters. The lowest BCUT2D eigenvalue weighted by Gasteiger charge is -2.62. The van der Waals surface area contributed by atoms with E-state index in [1.165, 1.54) is 12.1 Å². The molecule has 0 spiro atoms. The third-order valence-corrected chi connectivity index (χ3v) is 5.32. The Morgan fingerprint density at radius 2 is 1.88 bits per heavy atom. The van der Waals surface area contributed by atoms with Gasteiger partial charge in [0.2, 0.25) is 0 Å². The van der Waals surface area contributed by atoms with Crippen LogP contribution in [-0.2, 0) is 4.74 Å². The summed E-state index contributed by atoms with van der Waals surface area (Å²) in [5, 5.41) is 3.39. The van der Waals surface area contributed by atoms with Crippen molar-refractivity contribution in [3.63, 3.8) is 0 Å². The summed E-state index contributed by atoms with van der Waals surface area (Å²) >= 11 is 0. The van der Waals surface area contributed by atoms with Crippen LogP contribution in [0.4, 0.5) is 4.39 Å². The molecule has 1 aromatic carbocycles. The summed E-state index contributed by atoms with van der Waals surface area (Å²) in [5.74, 6) is 0.635. The molecule has 0 aromatic heterocycles. The predicted molar refractivity (Wildman–Crippen MR) is 107 cm³/mol. The average molecular weight is 449 g/mol. The fraction of sp³-hybridized carbons (Fsp3) is 0.611. The maximum absolute atomic E-state index is 13.1. The Morgan fingerprint density at radius 3 is 2.29 bits per heavy atom. The molecule has 0 saturated carbocycles. The molecule has 1 N–H and O–H groups in total. The van der Waals surface area contributed by atoms with Crippen molar-refractivity contribution in [3.8, 4) is 0 Å². The molecular weight excluding hydrogens is 420 g/mol. The summed E-state index contributed by atoms with van der Waals surface area (Å²) in [4.78, 5) is 6.68. The van der Waals surface area contributed by atoms with Gasteiger partial charge in [0, 0.05) is 38.2 Å². The van der Waals surface area contributed by atoms with Gasteiger partial charge in [-0.2, -0.15) is 0 Å². The van der Waals surface area contributed by atoms with Gasteiger partial charge < -0.3 is 15.0 Å². The van der Waals surface area contributed by atoms with Crippen LogP contribution in [0.2, 0.25) is 0 Å². The maximum Gasteiger partial charge on any atom is 0.194 e. The van der Waals surface area contributed by atoms with E-state index in [2.05, 4.69) is 42.9 Å². The standard InChI is InChI=1S/C18H28FN3O.HI/c1-17(2)12-22(18(17,3)4)16(20-5)21-11-15(23-6)13-7-9-14(19)10-8-13;/h7-10,15H,11-12H2,1-6H3,(H,20,21);1H.